The van der Waals surface area contributed by atoms with Crippen LogP contribution in [0.2, 0.25) is 5.15 Å². The highest BCUT2D eigenvalue weighted by molar-refractivity contribution is 6.33. The Morgan fingerprint density at radius 1 is 1.58 bits per heavy atom. The highest BCUT2D eigenvalue weighted by Gasteiger charge is 2.31. The van der Waals surface area contributed by atoms with E-state index in [0.717, 1.165) is 25.2 Å². The summed E-state index contributed by atoms with van der Waals surface area (Å²) in [6, 6.07) is 0. The number of aromatic nitrogens is 2. The third-order valence-electron chi connectivity index (χ3n) is 3.67. The van der Waals surface area contributed by atoms with Crippen molar-refractivity contribution in [2.24, 2.45) is 18.7 Å². The number of nitrogens with zero attached hydrogens (tertiary/aromatic N) is 3. The number of rotatable bonds is 3. The molecule has 1 atom stereocenters. The van der Waals surface area contributed by atoms with E-state index in [0.29, 0.717) is 23.2 Å². The van der Waals surface area contributed by atoms with Crippen LogP contribution in [0.25, 0.3) is 0 Å². The number of nitrogens with two attached hydrogens (primary N) is 1. The zero-order valence-corrected chi connectivity index (χ0v) is 12.4. The average Bonchev–Trinajstić information content (AvgIpc) is 2.95. The van der Waals surface area contributed by atoms with Crippen molar-refractivity contribution in [3.63, 3.8) is 0 Å². The van der Waals surface area contributed by atoms with E-state index in [4.69, 9.17) is 17.3 Å². The number of likely N-dealkylation sites (tertiary alicyclic amines) is 1. The minimum Gasteiger partial charge on any atom is -0.338 e. The van der Waals surface area contributed by atoms with Crippen molar-refractivity contribution < 1.29 is 4.79 Å². The van der Waals surface area contributed by atoms with Gasteiger partial charge in [0.25, 0.3) is 5.91 Å². The molecule has 19 heavy (non-hydrogen) atoms. The van der Waals surface area contributed by atoms with E-state index in [1.165, 1.54) is 0 Å². The van der Waals surface area contributed by atoms with Gasteiger partial charge in [-0.25, -0.2) is 0 Å². The number of halogens is 1. The first-order valence-electron chi connectivity index (χ1n) is 6.67. The molecule has 0 spiro atoms. The molecule has 0 bridgehead atoms. The van der Waals surface area contributed by atoms with Crippen molar-refractivity contribution >= 4 is 17.5 Å². The van der Waals surface area contributed by atoms with Crippen molar-refractivity contribution in [2.45, 2.75) is 26.2 Å². The van der Waals surface area contributed by atoms with Crippen LogP contribution in [-0.4, -0.2) is 40.2 Å². The Kier molecular flexibility index (Phi) is 4.16. The lowest BCUT2D eigenvalue weighted by molar-refractivity contribution is 0.0786. The van der Waals surface area contributed by atoms with Gasteiger partial charge in [0.2, 0.25) is 0 Å². The maximum atomic E-state index is 12.6. The van der Waals surface area contributed by atoms with Crippen LogP contribution in [0.15, 0.2) is 0 Å². The quantitative estimate of drug-likeness (QED) is 0.917. The SMILES string of the molecule is CC(C)c1nn(C)c(Cl)c1C(=O)N1CCC(CN)C1. The predicted octanol–water partition coefficient (Wildman–Crippen LogP) is 1.62. The first-order valence-corrected chi connectivity index (χ1v) is 7.05. The molecule has 1 aromatic rings. The monoisotopic (exact) mass is 284 g/mol. The largest absolute Gasteiger partial charge is 0.338 e. The second-order valence-electron chi connectivity index (χ2n) is 5.47. The molecule has 0 aromatic carbocycles. The molecule has 106 valence electrons. The van der Waals surface area contributed by atoms with Gasteiger partial charge in [-0.15, -0.1) is 0 Å². The van der Waals surface area contributed by atoms with Gasteiger partial charge in [0, 0.05) is 20.1 Å². The number of aryl methyl sites for hydroxylation is 1. The molecule has 0 saturated carbocycles. The summed E-state index contributed by atoms with van der Waals surface area (Å²) in [5, 5.41) is 4.78. The highest BCUT2D eigenvalue weighted by atomic mass is 35.5. The highest BCUT2D eigenvalue weighted by Crippen LogP contribution is 2.28. The van der Waals surface area contributed by atoms with Crippen LogP contribution in [0.3, 0.4) is 0 Å². The minimum atomic E-state index is -0.0160. The average molecular weight is 285 g/mol. The summed E-state index contributed by atoms with van der Waals surface area (Å²) < 4.78 is 1.57. The third-order valence-corrected chi connectivity index (χ3v) is 4.11. The number of hydrogen-bond acceptors (Lipinski definition) is 3. The van der Waals surface area contributed by atoms with Gasteiger partial charge in [0.1, 0.15) is 5.15 Å². The molecule has 1 fully saturated rings. The summed E-state index contributed by atoms with van der Waals surface area (Å²) >= 11 is 6.23. The number of carbonyl (C=O) groups is 1. The van der Waals surface area contributed by atoms with Crippen molar-refractivity contribution in [2.75, 3.05) is 19.6 Å². The first-order chi connectivity index (χ1) is 8.95. The van der Waals surface area contributed by atoms with Crippen LogP contribution in [0.4, 0.5) is 0 Å². The van der Waals surface area contributed by atoms with Gasteiger partial charge in [-0.3, -0.25) is 9.48 Å². The predicted molar refractivity (Wildman–Crippen MR) is 75.4 cm³/mol. The molecular formula is C13H21ClN4O. The third kappa shape index (κ3) is 2.62. The Hall–Kier alpha value is -1.07. The van der Waals surface area contributed by atoms with E-state index in [1.807, 2.05) is 18.7 Å². The second kappa shape index (κ2) is 5.51. The fourth-order valence-corrected chi connectivity index (χ4v) is 2.71. The van der Waals surface area contributed by atoms with Crippen LogP contribution in [0.5, 0.6) is 0 Å². The lowest BCUT2D eigenvalue weighted by atomic mass is 10.1. The van der Waals surface area contributed by atoms with E-state index in [1.54, 1.807) is 11.7 Å². The van der Waals surface area contributed by atoms with E-state index < -0.39 is 0 Å². The maximum Gasteiger partial charge on any atom is 0.258 e. The van der Waals surface area contributed by atoms with Gasteiger partial charge >= 0.3 is 0 Å². The zero-order valence-electron chi connectivity index (χ0n) is 11.7. The molecule has 2 heterocycles. The molecular weight excluding hydrogens is 264 g/mol. The Balaban J connectivity index is 2.29. The van der Waals surface area contributed by atoms with Crippen LogP contribution in [-0.2, 0) is 7.05 Å². The fourth-order valence-electron chi connectivity index (χ4n) is 2.49. The van der Waals surface area contributed by atoms with Gasteiger partial charge < -0.3 is 10.6 Å². The Morgan fingerprint density at radius 2 is 2.26 bits per heavy atom. The van der Waals surface area contributed by atoms with Gasteiger partial charge in [-0.05, 0) is 24.8 Å². The van der Waals surface area contributed by atoms with Gasteiger partial charge in [-0.2, -0.15) is 5.10 Å². The fraction of sp³-hybridized carbons (Fsp3) is 0.692. The molecule has 5 nitrogen and oxygen atoms in total. The number of hydrogen-bond donors (Lipinski definition) is 1. The lowest BCUT2D eigenvalue weighted by Crippen LogP contribution is -2.30. The molecule has 1 aliphatic rings. The standard InChI is InChI=1S/C13H21ClN4O/c1-8(2)11-10(12(14)17(3)16-11)13(19)18-5-4-9(6-15)7-18/h8-9H,4-7,15H2,1-3H3. The van der Waals surface area contributed by atoms with Crippen LogP contribution < -0.4 is 5.73 Å². The molecule has 1 amide bonds. The van der Waals surface area contributed by atoms with Gasteiger partial charge in [0.15, 0.2) is 0 Å². The zero-order chi connectivity index (χ0) is 14.2. The smallest absolute Gasteiger partial charge is 0.258 e. The number of carbonyl (C=O) groups excluding carboxylic acids is 1. The molecule has 2 rings (SSSR count). The summed E-state index contributed by atoms with van der Waals surface area (Å²) in [4.78, 5) is 14.5. The molecule has 1 aliphatic heterocycles. The van der Waals surface area contributed by atoms with Gasteiger partial charge in [0.05, 0.1) is 11.3 Å². The summed E-state index contributed by atoms with van der Waals surface area (Å²) in [6.45, 7) is 6.13. The Bertz CT molecular complexity index is 483. The van der Waals surface area contributed by atoms with Crippen molar-refractivity contribution in [1.29, 1.82) is 0 Å². The molecule has 1 unspecified atom stereocenters. The van der Waals surface area contributed by atoms with Gasteiger partial charge in [-0.1, -0.05) is 25.4 Å². The van der Waals surface area contributed by atoms with Crippen LogP contribution in [0, 0.1) is 5.92 Å². The topological polar surface area (TPSA) is 64.2 Å². The Morgan fingerprint density at radius 3 is 2.79 bits per heavy atom. The van der Waals surface area contributed by atoms with E-state index in [9.17, 15) is 4.79 Å². The van der Waals surface area contributed by atoms with E-state index in [-0.39, 0.29) is 11.8 Å². The van der Waals surface area contributed by atoms with Crippen LogP contribution >= 0.6 is 11.6 Å². The second-order valence-corrected chi connectivity index (χ2v) is 5.83. The minimum absolute atomic E-state index is 0.0160. The summed E-state index contributed by atoms with van der Waals surface area (Å²) in [7, 11) is 1.76. The maximum absolute atomic E-state index is 12.6. The summed E-state index contributed by atoms with van der Waals surface area (Å²) in [5.74, 6) is 0.560. The van der Waals surface area contributed by atoms with E-state index >= 15 is 0 Å². The molecule has 2 N–H and O–H groups in total. The summed E-state index contributed by atoms with van der Waals surface area (Å²) in [6.07, 6.45) is 0.969. The van der Waals surface area contributed by atoms with E-state index in [2.05, 4.69) is 5.10 Å². The van der Waals surface area contributed by atoms with Crippen molar-refractivity contribution in [3.05, 3.63) is 16.4 Å². The number of amides is 1. The normalized spacial score (nSPS) is 19.5. The van der Waals surface area contributed by atoms with Crippen LogP contribution in [0.1, 0.15) is 42.2 Å². The Labute approximate surface area is 118 Å². The molecule has 0 radical (unpaired) electrons. The van der Waals surface area contributed by atoms with Crippen molar-refractivity contribution in [3.8, 4) is 0 Å². The molecule has 0 aliphatic carbocycles. The molecule has 6 heteroatoms. The lowest BCUT2D eigenvalue weighted by Gasteiger charge is -2.17. The van der Waals surface area contributed by atoms with Crippen molar-refractivity contribution in [1.82, 2.24) is 14.7 Å². The molecule has 1 saturated heterocycles. The first kappa shape index (κ1) is 14.3. The summed E-state index contributed by atoms with van der Waals surface area (Å²) in [5.41, 5.74) is 6.99. The molecule has 1 aromatic heterocycles.